The van der Waals surface area contributed by atoms with Gasteiger partial charge in [0.05, 0.1) is 6.20 Å². The number of H-pyrrole nitrogens is 1. The Bertz CT molecular complexity index is 424. The lowest BCUT2D eigenvalue weighted by molar-refractivity contribution is 0.748. The van der Waals surface area contributed by atoms with E-state index in [9.17, 15) is 0 Å². The molecule has 1 N–H and O–H groups in total. The van der Waals surface area contributed by atoms with Crippen LogP contribution in [0.5, 0.6) is 0 Å². The first kappa shape index (κ1) is 9.39. The zero-order valence-corrected chi connectivity index (χ0v) is 8.88. The zero-order valence-electron chi connectivity index (χ0n) is 8.06. The third-order valence-electron chi connectivity index (χ3n) is 1.60. The Balaban J connectivity index is 2.17. The second-order valence-electron chi connectivity index (χ2n) is 3.39. The van der Waals surface area contributed by atoms with Crippen molar-refractivity contribution in [1.82, 2.24) is 25.4 Å². The standard InChI is InChI=1S/C8H11N5S/c1-5(2)4-14-8-9-3-6-7(10-8)12-13-11-6/h3,5H,4H2,1-2H3,(H,9,10,11,12,13). The summed E-state index contributed by atoms with van der Waals surface area (Å²) in [7, 11) is 0. The molecule has 0 aliphatic rings. The van der Waals surface area contributed by atoms with Gasteiger partial charge >= 0.3 is 0 Å². The molecule has 0 bridgehead atoms. The number of nitrogens with zero attached hydrogens (tertiary/aromatic N) is 4. The highest BCUT2D eigenvalue weighted by Crippen LogP contribution is 2.17. The molecule has 6 heteroatoms. The van der Waals surface area contributed by atoms with Crippen molar-refractivity contribution in [3.8, 4) is 0 Å². The monoisotopic (exact) mass is 209 g/mol. The van der Waals surface area contributed by atoms with Gasteiger partial charge < -0.3 is 0 Å². The van der Waals surface area contributed by atoms with E-state index in [0.717, 1.165) is 10.9 Å². The predicted molar refractivity (Wildman–Crippen MR) is 55.0 cm³/mol. The fraction of sp³-hybridized carbons (Fsp3) is 0.500. The van der Waals surface area contributed by atoms with Crippen molar-refractivity contribution >= 4 is 22.9 Å². The van der Waals surface area contributed by atoms with E-state index < -0.39 is 0 Å². The van der Waals surface area contributed by atoms with Gasteiger partial charge in [-0.25, -0.2) is 4.98 Å². The first-order valence-corrected chi connectivity index (χ1v) is 5.40. The van der Waals surface area contributed by atoms with E-state index in [1.54, 1.807) is 18.0 Å². The smallest absolute Gasteiger partial charge is 0.205 e. The Labute approximate surface area is 85.7 Å². The number of aromatic amines is 1. The molecular weight excluding hydrogens is 198 g/mol. The highest BCUT2D eigenvalue weighted by molar-refractivity contribution is 7.99. The van der Waals surface area contributed by atoms with Crippen molar-refractivity contribution in [3.05, 3.63) is 6.20 Å². The first-order chi connectivity index (χ1) is 6.75. The summed E-state index contributed by atoms with van der Waals surface area (Å²) in [5, 5.41) is 11.1. The van der Waals surface area contributed by atoms with Gasteiger partial charge in [-0.2, -0.15) is 15.3 Å². The molecule has 14 heavy (non-hydrogen) atoms. The minimum absolute atomic E-state index is 0.631. The van der Waals surface area contributed by atoms with Crippen molar-refractivity contribution in [2.45, 2.75) is 19.0 Å². The van der Waals surface area contributed by atoms with Gasteiger partial charge in [0.1, 0.15) is 5.52 Å². The average Bonchev–Trinajstić information content (AvgIpc) is 2.61. The molecule has 0 aliphatic carbocycles. The molecule has 0 saturated carbocycles. The lowest BCUT2D eigenvalue weighted by Crippen LogP contribution is -1.93. The van der Waals surface area contributed by atoms with Crippen molar-refractivity contribution in [2.75, 3.05) is 5.75 Å². The molecular formula is C8H11N5S. The predicted octanol–water partition coefficient (Wildman–Crippen LogP) is 1.50. The van der Waals surface area contributed by atoms with E-state index in [4.69, 9.17) is 0 Å². The summed E-state index contributed by atoms with van der Waals surface area (Å²) < 4.78 is 0. The average molecular weight is 209 g/mol. The molecule has 0 amide bonds. The molecule has 2 rings (SSSR count). The van der Waals surface area contributed by atoms with Crippen LogP contribution in [-0.2, 0) is 0 Å². The van der Waals surface area contributed by atoms with E-state index in [1.807, 2.05) is 0 Å². The highest BCUT2D eigenvalue weighted by Gasteiger charge is 2.04. The second-order valence-corrected chi connectivity index (χ2v) is 4.38. The van der Waals surface area contributed by atoms with Crippen LogP contribution in [-0.4, -0.2) is 31.1 Å². The number of hydrogen-bond donors (Lipinski definition) is 1. The fourth-order valence-corrected chi connectivity index (χ4v) is 1.71. The Kier molecular flexibility index (Phi) is 2.62. The molecule has 0 aliphatic heterocycles. The first-order valence-electron chi connectivity index (χ1n) is 4.42. The summed E-state index contributed by atoms with van der Waals surface area (Å²) in [5.41, 5.74) is 1.34. The molecule has 0 unspecified atom stereocenters. The molecule has 0 spiro atoms. The number of hydrogen-bond acceptors (Lipinski definition) is 5. The third-order valence-corrected chi connectivity index (χ3v) is 2.89. The lowest BCUT2D eigenvalue weighted by Gasteiger charge is -2.01. The van der Waals surface area contributed by atoms with Gasteiger partial charge in [-0.3, -0.25) is 0 Å². The minimum Gasteiger partial charge on any atom is -0.229 e. The maximum atomic E-state index is 4.25. The van der Waals surface area contributed by atoms with E-state index in [1.165, 1.54) is 0 Å². The Morgan fingerprint density at radius 1 is 1.43 bits per heavy atom. The molecule has 0 fully saturated rings. The molecule has 0 radical (unpaired) electrons. The molecule has 2 heterocycles. The topological polar surface area (TPSA) is 67.3 Å². The molecule has 0 atom stereocenters. The number of nitrogens with one attached hydrogen (secondary N) is 1. The Morgan fingerprint density at radius 2 is 2.29 bits per heavy atom. The lowest BCUT2D eigenvalue weighted by atomic mass is 10.3. The number of rotatable bonds is 3. The largest absolute Gasteiger partial charge is 0.229 e. The molecule has 5 nitrogen and oxygen atoms in total. The van der Waals surface area contributed by atoms with Gasteiger partial charge in [-0.1, -0.05) is 25.6 Å². The molecule has 2 aromatic rings. The molecule has 0 saturated heterocycles. The summed E-state index contributed by atoms with van der Waals surface area (Å²) in [6.07, 6.45) is 1.69. The number of thioether (sulfide) groups is 1. The maximum absolute atomic E-state index is 4.25. The Morgan fingerprint density at radius 3 is 3.07 bits per heavy atom. The van der Waals surface area contributed by atoms with E-state index in [2.05, 4.69) is 39.2 Å². The van der Waals surface area contributed by atoms with Crippen LogP contribution >= 0.6 is 11.8 Å². The van der Waals surface area contributed by atoms with Crippen LogP contribution in [0.15, 0.2) is 11.4 Å². The molecule has 74 valence electrons. The van der Waals surface area contributed by atoms with E-state index in [0.29, 0.717) is 17.1 Å². The van der Waals surface area contributed by atoms with Crippen LogP contribution in [0.4, 0.5) is 0 Å². The fourth-order valence-electron chi connectivity index (χ4n) is 0.949. The van der Waals surface area contributed by atoms with Gasteiger partial charge in [0, 0.05) is 5.75 Å². The van der Waals surface area contributed by atoms with E-state index in [-0.39, 0.29) is 0 Å². The van der Waals surface area contributed by atoms with Gasteiger partial charge in [0.2, 0.25) is 5.65 Å². The van der Waals surface area contributed by atoms with Crippen molar-refractivity contribution in [1.29, 1.82) is 0 Å². The van der Waals surface area contributed by atoms with Crippen LogP contribution in [0.2, 0.25) is 0 Å². The van der Waals surface area contributed by atoms with Crippen molar-refractivity contribution < 1.29 is 0 Å². The zero-order chi connectivity index (χ0) is 9.97. The van der Waals surface area contributed by atoms with Crippen LogP contribution < -0.4 is 0 Å². The maximum Gasteiger partial charge on any atom is 0.205 e. The summed E-state index contributed by atoms with van der Waals surface area (Å²) in [6, 6.07) is 0. The van der Waals surface area contributed by atoms with Gasteiger partial charge in [-0.05, 0) is 5.92 Å². The third kappa shape index (κ3) is 2.01. The van der Waals surface area contributed by atoms with Gasteiger partial charge in [0.25, 0.3) is 0 Å². The summed E-state index contributed by atoms with van der Waals surface area (Å²) in [4.78, 5) is 8.43. The van der Waals surface area contributed by atoms with Gasteiger partial charge in [0.15, 0.2) is 5.16 Å². The second kappa shape index (κ2) is 3.91. The molecule has 0 aromatic carbocycles. The van der Waals surface area contributed by atoms with Crippen molar-refractivity contribution in [2.24, 2.45) is 5.92 Å². The van der Waals surface area contributed by atoms with Gasteiger partial charge in [-0.15, -0.1) is 5.10 Å². The van der Waals surface area contributed by atoms with Crippen molar-refractivity contribution in [3.63, 3.8) is 0 Å². The SMILES string of the molecule is CC(C)CSc1ncc2n[nH]nc2n1. The van der Waals surface area contributed by atoms with E-state index >= 15 is 0 Å². The normalized spacial score (nSPS) is 11.4. The highest BCUT2D eigenvalue weighted by atomic mass is 32.2. The quantitative estimate of drug-likeness (QED) is 0.613. The molecule has 2 aromatic heterocycles. The minimum atomic E-state index is 0.631. The van der Waals surface area contributed by atoms with Crippen LogP contribution in [0.3, 0.4) is 0 Å². The number of aromatic nitrogens is 5. The van der Waals surface area contributed by atoms with Crippen LogP contribution in [0, 0.1) is 5.92 Å². The van der Waals surface area contributed by atoms with Crippen LogP contribution in [0.25, 0.3) is 11.2 Å². The number of fused-ring (bicyclic) bond motifs is 1. The summed E-state index contributed by atoms with van der Waals surface area (Å²) >= 11 is 1.64. The Hall–Kier alpha value is -1.17. The summed E-state index contributed by atoms with van der Waals surface area (Å²) in [5.74, 6) is 1.65. The summed E-state index contributed by atoms with van der Waals surface area (Å²) in [6.45, 7) is 4.34. The van der Waals surface area contributed by atoms with Crippen LogP contribution in [0.1, 0.15) is 13.8 Å².